The van der Waals surface area contributed by atoms with Gasteiger partial charge in [0.25, 0.3) is 5.91 Å². The lowest BCUT2D eigenvalue weighted by Crippen LogP contribution is -2.52. The topological polar surface area (TPSA) is 46.6 Å². The van der Waals surface area contributed by atoms with Crippen molar-refractivity contribution in [1.82, 2.24) is 4.90 Å². The molecule has 2 aliphatic heterocycles. The van der Waals surface area contributed by atoms with Gasteiger partial charge in [0, 0.05) is 25.9 Å². The van der Waals surface area contributed by atoms with E-state index in [1.807, 2.05) is 26.0 Å². The number of ketones is 1. The molecule has 0 saturated carbocycles. The Hall–Kier alpha value is -2.40. The molecule has 1 fully saturated rings. The van der Waals surface area contributed by atoms with Gasteiger partial charge in [-0.3, -0.25) is 9.59 Å². The van der Waals surface area contributed by atoms with Crippen LogP contribution in [0, 0.1) is 19.7 Å². The number of hydrogen-bond donors (Lipinski definition) is 0. The number of amides is 1. The van der Waals surface area contributed by atoms with Crippen molar-refractivity contribution in [3.05, 3.63) is 63.4 Å². The first-order valence-electron chi connectivity index (χ1n) is 9.36. The van der Waals surface area contributed by atoms with Crippen molar-refractivity contribution in [3.63, 3.8) is 0 Å². The summed E-state index contributed by atoms with van der Waals surface area (Å²) >= 11 is 6.03. The van der Waals surface area contributed by atoms with Crippen LogP contribution in [0.4, 0.5) is 4.39 Å². The highest BCUT2D eigenvalue weighted by Gasteiger charge is 2.44. The van der Waals surface area contributed by atoms with E-state index in [2.05, 4.69) is 0 Å². The van der Waals surface area contributed by atoms with Crippen molar-refractivity contribution >= 4 is 23.3 Å². The Morgan fingerprint density at radius 3 is 2.54 bits per heavy atom. The first-order valence-corrected chi connectivity index (χ1v) is 9.74. The summed E-state index contributed by atoms with van der Waals surface area (Å²) < 4.78 is 20.4. The van der Waals surface area contributed by atoms with Gasteiger partial charge in [-0.1, -0.05) is 17.7 Å². The maximum atomic E-state index is 14.1. The summed E-state index contributed by atoms with van der Waals surface area (Å²) in [5, 5.41) is 0.106. The standard InChI is InChI=1S/C22H21ClFNO3/c1-13-10-15-18(26)12-22(28-19(15)11-14(13)2)6-8-25(9-7-22)21(27)20-16(23)4-3-5-17(20)24/h3-5,10-11H,6-9,12H2,1-2H3. The minimum atomic E-state index is -0.623. The van der Waals surface area contributed by atoms with E-state index in [-0.39, 0.29) is 16.4 Å². The van der Waals surface area contributed by atoms with Gasteiger partial charge in [-0.15, -0.1) is 0 Å². The number of ether oxygens (including phenoxy) is 1. The number of carbonyl (C=O) groups excluding carboxylic acids is 2. The van der Waals surface area contributed by atoms with Crippen molar-refractivity contribution in [2.24, 2.45) is 0 Å². The fraction of sp³-hybridized carbons (Fsp3) is 0.364. The molecule has 1 saturated heterocycles. The van der Waals surface area contributed by atoms with Crippen molar-refractivity contribution in [1.29, 1.82) is 0 Å². The van der Waals surface area contributed by atoms with E-state index in [0.717, 1.165) is 11.1 Å². The van der Waals surface area contributed by atoms with Crippen molar-refractivity contribution in [2.45, 2.75) is 38.7 Å². The van der Waals surface area contributed by atoms with Crippen LogP contribution in [0.5, 0.6) is 5.75 Å². The molecule has 0 bridgehead atoms. The van der Waals surface area contributed by atoms with Gasteiger partial charge in [-0.25, -0.2) is 4.39 Å². The van der Waals surface area contributed by atoms with Gasteiger partial charge < -0.3 is 9.64 Å². The maximum Gasteiger partial charge on any atom is 0.258 e. The van der Waals surface area contributed by atoms with Gasteiger partial charge in [0.05, 0.1) is 22.6 Å². The molecule has 28 heavy (non-hydrogen) atoms. The molecule has 1 amide bonds. The Labute approximate surface area is 168 Å². The molecule has 6 heteroatoms. The van der Waals surface area contributed by atoms with E-state index in [4.69, 9.17) is 16.3 Å². The van der Waals surface area contributed by atoms with Crippen LogP contribution in [0.1, 0.15) is 51.1 Å². The fourth-order valence-corrected chi connectivity index (χ4v) is 4.25. The molecule has 2 aromatic rings. The molecule has 4 rings (SSSR count). The van der Waals surface area contributed by atoms with Crippen LogP contribution >= 0.6 is 11.6 Å². The van der Waals surface area contributed by atoms with Gasteiger partial charge in [-0.2, -0.15) is 0 Å². The van der Waals surface area contributed by atoms with E-state index < -0.39 is 17.3 Å². The van der Waals surface area contributed by atoms with Gasteiger partial charge in [0.15, 0.2) is 5.78 Å². The SMILES string of the molecule is Cc1cc2c(cc1C)C(=O)CC1(CCN(C(=O)c3c(F)cccc3Cl)CC1)O2. The molecule has 0 aliphatic carbocycles. The summed E-state index contributed by atoms with van der Waals surface area (Å²) in [5.41, 5.74) is 2.06. The van der Waals surface area contributed by atoms with Crippen molar-refractivity contribution in [3.8, 4) is 5.75 Å². The second-order valence-corrected chi connectivity index (χ2v) is 8.11. The number of piperidine rings is 1. The Kier molecular flexibility index (Phi) is 4.66. The minimum absolute atomic E-state index is 0.0706. The van der Waals surface area contributed by atoms with Gasteiger partial charge in [0.1, 0.15) is 17.2 Å². The van der Waals surface area contributed by atoms with Crippen molar-refractivity contribution < 1.29 is 18.7 Å². The quantitative estimate of drug-likeness (QED) is 0.693. The Balaban J connectivity index is 1.53. The van der Waals surface area contributed by atoms with Crippen LogP contribution in [-0.2, 0) is 0 Å². The normalized spacial score (nSPS) is 18.0. The van der Waals surface area contributed by atoms with Crippen LogP contribution in [0.2, 0.25) is 5.02 Å². The number of Topliss-reactive ketones (excluding diaryl/α,β-unsaturated/α-hetero) is 1. The van der Waals surface area contributed by atoms with E-state index in [9.17, 15) is 14.0 Å². The zero-order valence-corrected chi connectivity index (χ0v) is 16.6. The van der Waals surface area contributed by atoms with Crippen LogP contribution in [0.3, 0.4) is 0 Å². The lowest BCUT2D eigenvalue weighted by atomic mass is 9.81. The highest BCUT2D eigenvalue weighted by Crippen LogP contribution is 2.40. The summed E-state index contributed by atoms with van der Waals surface area (Å²) in [7, 11) is 0. The number of fused-ring (bicyclic) bond motifs is 1. The number of nitrogens with zero attached hydrogens (tertiary/aromatic N) is 1. The average molecular weight is 402 g/mol. The highest BCUT2D eigenvalue weighted by atomic mass is 35.5. The Morgan fingerprint density at radius 1 is 1.18 bits per heavy atom. The lowest BCUT2D eigenvalue weighted by molar-refractivity contribution is -0.00583. The molecule has 2 heterocycles. The molecular weight excluding hydrogens is 381 g/mol. The minimum Gasteiger partial charge on any atom is -0.486 e. The maximum absolute atomic E-state index is 14.1. The first-order chi connectivity index (χ1) is 13.3. The fourth-order valence-electron chi connectivity index (χ4n) is 4.01. The average Bonchev–Trinajstić information content (AvgIpc) is 2.64. The van der Waals surface area contributed by atoms with E-state index in [1.54, 1.807) is 4.90 Å². The molecule has 2 aromatic carbocycles. The monoisotopic (exact) mass is 401 g/mol. The van der Waals surface area contributed by atoms with Crippen LogP contribution in [0.25, 0.3) is 0 Å². The van der Waals surface area contributed by atoms with Crippen molar-refractivity contribution in [2.75, 3.05) is 13.1 Å². The number of benzene rings is 2. The largest absolute Gasteiger partial charge is 0.486 e. The van der Waals surface area contributed by atoms with E-state index >= 15 is 0 Å². The summed E-state index contributed by atoms with van der Waals surface area (Å²) in [6, 6.07) is 8.02. The summed E-state index contributed by atoms with van der Waals surface area (Å²) in [4.78, 5) is 27.1. The van der Waals surface area contributed by atoms with Crippen LogP contribution < -0.4 is 4.74 Å². The van der Waals surface area contributed by atoms with E-state index in [0.29, 0.717) is 43.7 Å². The molecule has 0 radical (unpaired) electrons. The smallest absolute Gasteiger partial charge is 0.258 e. The number of rotatable bonds is 1. The molecule has 146 valence electrons. The summed E-state index contributed by atoms with van der Waals surface area (Å²) in [6.07, 6.45) is 1.33. The molecule has 0 aromatic heterocycles. The van der Waals surface area contributed by atoms with Gasteiger partial charge >= 0.3 is 0 Å². The second-order valence-electron chi connectivity index (χ2n) is 7.71. The number of carbonyl (C=O) groups is 2. The third-order valence-corrected chi connectivity index (χ3v) is 6.16. The van der Waals surface area contributed by atoms with E-state index in [1.165, 1.54) is 18.2 Å². The molecular formula is C22H21ClFNO3. The highest BCUT2D eigenvalue weighted by molar-refractivity contribution is 6.33. The third-order valence-electron chi connectivity index (χ3n) is 5.84. The third kappa shape index (κ3) is 3.18. The number of halogens is 2. The summed E-state index contributed by atoms with van der Waals surface area (Å²) in [5.74, 6) is -0.355. The number of hydrogen-bond acceptors (Lipinski definition) is 3. The van der Waals surface area contributed by atoms with Gasteiger partial charge in [-0.05, 0) is 49.2 Å². The second kappa shape index (κ2) is 6.89. The van der Waals surface area contributed by atoms with Crippen LogP contribution in [-0.4, -0.2) is 35.3 Å². The predicted octanol–water partition coefficient (Wildman–Crippen LogP) is 4.74. The van der Waals surface area contributed by atoms with Gasteiger partial charge in [0.2, 0.25) is 0 Å². The molecule has 4 nitrogen and oxygen atoms in total. The molecule has 0 atom stereocenters. The predicted molar refractivity (Wildman–Crippen MR) is 105 cm³/mol. The first kappa shape index (κ1) is 18.9. The zero-order valence-electron chi connectivity index (χ0n) is 15.9. The molecule has 0 N–H and O–H groups in total. The number of aryl methyl sites for hydroxylation is 2. The number of likely N-dealkylation sites (tertiary alicyclic amines) is 1. The molecule has 0 unspecified atom stereocenters. The van der Waals surface area contributed by atoms with Crippen LogP contribution in [0.15, 0.2) is 30.3 Å². The molecule has 2 aliphatic rings. The Morgan fingerprint density at radius 2 is 1.86 bits per heavy atom. The summed E-state index contributed by atoms with van der Waals surface area (Å²) in [6.45, 7) is 4.74. The zero-order chi connectivity index (χ0) is 20.1. The Bertz CT molecular complexity index is 960. The lowest BCUT2D eigenvalue weighted by Gasteiger charge is -2.44. The molecule has 1 spiro atoms.